The van der Waals surface area contributed by atoms with Gasteiger partial charge in [-0.25, -0.2) is 0 Å². The minimum Gasteiger partial charge on any atom is -0.393 e. The molecule has 5 N–H and O–H groups in total. The van der Waals surface area contributed by atoms with Crippen LogP contribution in [-0.2, 0) is 22.4 Å². The molecule has 0 bridgehead atoms. The predicted octanol–water partition coefficient (Wildman–Crippen LogP) is 3.84. The maximum atomic E-state index is 13.4. The minimum absolute atomic E-state index is 0.0691. The zero-order valence-electron chi connectivity index (χ0n) is 20.1. The van der Waals surface area contributed by atoms with Gasteiger partial charge < -0.3 is 25.8 Å². The molecule has 3 aliphatic rings. The third kappa shape index (κ3) is 3.50. The van der Waals surface area contributed by atoms with E-state index in [0.29, 0.717) is 5.69 Å². The number of fused-ring (bicyclic) bond motifs is 3. The van der Waals surface area contributed by atoms with Crippen molar-refractivity contribution in [3.8, 4) is 0 Å². The van der Waals surface area contributed by atoms with Crippen molar-refractivity contribution in [3.05, 3.63) is 87.7 Å². The van der Waals surface area contributed by atoms with Gasteiger partial charge in [-0.3, -0.25) is 9.59 Å². The second kappa shape index (κ2) is 8.76. The first kappa shape index (κ1) is 22.8. The molecule has 2 aromatic carbocycles. The van der Waals surface area contributed by atoms with Crippen LogP contribution in [0.15, 0.2) is 54.2 Å². The lowest BCUT2D eigenvalue weighted by Crippen LogP contribution is -2.30. The van der Waals surface area contributed by atoms with Crippen molar-refractivity contribution in [2.24, 2.45) is 0 Å². The molecular formula is C29H29N3O4. The molecule has 1 aliphatic heterocycles. The molecule has 6 rings (SSSR count). The first-order chi connectivity index (χ1) is 17.5. The number of amides is 2. The molecule has 7 nitrogen and oxygen atoms in total. The van der Waals surface area contributed by atoms with Gasteiger partial charge in [0.25, 0.3) is 5.91 Å². The van der Waals surface area contributed by atoms with E-state index in [0.717, 1.165) is 29.7 Å². The highest BCUT2D eigenvalue weighted by Gasteiger charge is 2.43. The standard InChI is InChI=1S/C29H29N3O4/c1-15-25(21-13-30-22-9-5-4-6-17(21)22)18-7-2-3-8-19(18)26(15)27-20-12-16(31-28(35)24(34)14-33)10-11-23(20)32-29(27)36/h2-3,7-8,10-13,24,26-27,30,33-34H,4-6,9,14H2,1H3,(H,31,35)(H,32,36). The van der Waals surface area contributed by atoms with Crippen LogP contribution in [0.2, 0.25) is 0 Å². The fourth-order valence-electron chi connectivity index (χ4n) is 6.22. The Bertz CT molecular complexity index is 1420. The van der Waals surface area contributed by atoms with E-state index >= 15 is 0 Å². The van der Waals surface area contributed by atoms with E-state index in [1.807, 2.05) is 6.07 Å². The molecule has 3 aromatic rings. The smallest absolute Gasteiger partial charge is 0.255 e. The summed E-state index contributed by atoms with van der Waals surface area (Å²) < 4.78 is 0. The van der Waals surface area contributed by atoms with Crippen molar-refractivity contribution in [1.29, 1.82) is 0 Å². The second-order valence-electron chi connectivity index (χ2n) is 9.95. The molecule has 2 heterocycles. The van der Waals surface area contributed by atoms with Crippen molar-refractivity contribution in [3.63, 3.8) is 0 Å². The number of rotatable bonds is 5. The largest absolute Gasteiger partial charge is 0.393 e. The molecule has 1 aromatic heterocycles. The van der Waals surface area contributed by atoms with Gasteiger partial charge in [-0.05, 0) is 78.6 Å². The summed E-state index contributed by atoms with van der Waals surface area (Å²) in [7, 11) is 0. The Morgan fingerprint density at radius 1 is 1.08 bits per heavy atom. The lowest BCUT2D eigenvalue weighted by Gasteiger charge is -2.21. The lowest BCUT2D eigenvalue weighted by molar-refractivity contribution is -0.125. The third-order valence-electron chi connectivity index (χ3n) is 7.88. The van der Waals surface area contributed by atoms with E-state index in [4.69, 9.17) is 5.11 Å². The van der Waals surface area contributed by atoms with Gasteiger partial charge >= 0.3 is 0 Å². The number of aryl methyl sites for hydroxylation is 1. The number of H-pyrrole nitrogens is 1. The number of hydrogen-bond donors (Lipinski definition) is 5. The fourth-order valence-corrected chi connectivity index (χ4v) is 6.22. The Hall–Kier alpha value is -3.68. The quantitative estimate of drug-likeness (QED) is 0.379. The number of allylic oxidation sites excluding steroid dienone is 1. The summed E-state index contributed by atoms with van der Waals surface area (Å²) in [6, 6.07) is 13.6. The van der Waals surface area contributed by atoms with Crippen LogP contribution in [0.4, 0.5) is 11.4 Å². The van der Waals surface area contributed by atoms with E-state index in [1.54, 1.807) is 18.2 Å². The minimum atomic E-state index is -1.50. The van der Waals surface area contributed by atoms with Gasteiger partial charge in [-0.15, -0.1) is 0 Å². The monoisotopic (exact) mass is 483 g/mol. The topological polar surface area (TPSA) is 114 Å². The molecule has 184 valence electrons. The summed E-state index contributed by atoms with van der Waals surface area (Å²) in [5.74, 6) is -1.35. The molecule has 3 atom stereocenters. The van der Waals surface area contributed by atoms with Crippen LogP contribution in [0.3, 0.4) is 0 Å². The Kier molecular flexibility index (Phi) is 5.54. The van der Waals surface area contributed by atoms with E-state index in [1.165, 1.54) is 46.4 Å². The average molecular weight is 484 g/mol. The number of carbonyl (C=O) groups excluding carboxylic acids is 2. The van der Waals surface area contributed by atoms with Crippen LogP contribution in [-0.4, -0.2) is 39.7 Å². The number of anilines is 2. The van der Waals surface area contributed by atoms with Crippen LogP contribution in [0.25, 0.3) is 5.57 Å². The Morgan fingerprint density at radius 3 is 2.72 bits per heavy atom. The summed E-state index contributed by atoms with van der Waals surface area (Å²) in [4.78, 5) is 29.0. The molecule has 3 unspecified atom stereocenters. The number of aromatic nitrogens is 1. The van der Waals surface area contributed by atoms with Gasteiger partial charge in [-0.2, -0.15) is 0 Å². The summed E-state index contributed by atoms with van der Waals surface area (Å²) in [5, 5.41) is 24.4. The van der Waals surface area contributed by atoms with E-state index in [2.05, 4.69) is 46.9 Å². The summed E-state index contributed by atoms with van der Waals surface area (Å²) in [5.41, 5.74) is 10.7. The van der Waals surface area contributed by atoms with Crippen LogP contribution in [0, 0.1) is 0 Å². The zero-order chi connectivity index (χ0) is 25.0. The highest BCUT2D eigenvalue weighted by molar-refractivity contribution is 6.06. The van der Waals surface area contributed by atoms with Crippen LogP contribution in [0.5, 0.6) is 0 Å². The van der Waals surface area contributed by atoms with E-state index < -0.39 is 24.5 Å². The molecule has 0 radical (unpaired) electrons. The number of nitrogens with one attached hydrogen (secondary N) is 3. The molecule has 36 heavy (non-hydrogen) atoms. The summed E-state index contributed by atoms with van der Waals surface area (Å²) >= 11 is 0. The molecule has 2 aliphatic carbocycles. The molecule has 0 spiro atoms. The number of aliphatic hydroxyl groups is 2. The van der Waals surface area contributed by atoms with Crippen molar-refractivity contribution in [1.82, 2.24) is 4.98 Å². The van der Waals surface area contributed by atoms with Gasteiger partial charge in [0.2, 0.25) is 5.91 Å². The third-order valence-corrected chi connectivity index (χ3v) is 7.88. The number of aliphatic hydroxyl groups excluding tert-OH is 2. The molecule has 0 saturated carbocycles. The summed E-state index contributed by atoms with van der Waals surface area (Å²) in [6.45, 7) is 1.48. The van der Waals surface area contributed by atoms with Gasteiger partial charge in [0, 0.05) is 34.7 Å². The van der Waals surface area contributed by atoms with Crippen molar-refractivity contribution in [2.45, 2.75) is 50.5 Å². The number of aromatic amines is 1. The van der Waals surface area contributed by atoms with Crippen molar-refractivity contribution >= 4 is 28.8 Å². The SMILES string of the molecule is CC1=C(c2c[nH]c3c2CCCC3)c2ccccc2C1C1C(=O)Nc2ccc(NC(=O)C(O)CO)cc21. The molecule has 0 saturated heterocycles. The first-order valence-electron chi connectivity index (χ1n) is 12.5. The predicted molar refractivity (Wildman–Crippen MR) is 138 cm³/mol. The zero-order valence-corrected chi connectivity index (χ0v) is 20.1. The molecule has 0 fully saturated rings. The Labute approximate surface area is 209 Å². The maximum absolute atomic E-state index is 13.4. The number of hydrogen-bond acceptors (Lipinski definition) is 4. The molecular weight excluding hydrogens is 454 g/mol. The van der Waals surface area contributed by atoms with E-state index in [-0.39, 0.29) is 11.8 Å². The van der Waals surface area contributed by atoms with Crippen molar-refractivity contribution in [2.75, 3.05) is 17.2 Å². The Morgan fingerprint density at radius 2 is 1.89 bits per heavy atom. The normalized spacial score (nSPS) is 21.0. The van der Waals surface area contributed by atoms with Crippen LogP contribution >= 0.6 is 0 Å². The van der Waals surface area contributed by atoms with E-state index in [9.17, 15) is 14.7 Å². The summed E-state index contributed by atoms with van der Waals surface area (Å²) in [6.07, 6.45) is 5.16. The van der Waals surface area contributed by atoms with Crippen molar-refractivity contribution < 1.29 is 19.8 Å². The van der Waals surface area contributed by atoms with Gasteiger partial charge in [-0.1, -0.05) is 29.8 Å². The van der Waals surface area contributed by atoms with Crippen LogP contribution in [0.1, 0.15) is 65.1 Å². The first-order valence-corrected chi connectivity index (χ1v) is 12.5. The lowest BCUT2D eigenvalue weighted by atomic mass is 9.80. The highest BCUT2D eigenvalue weighted by Crippen LogP contribution is 2.54. The van der Waals surface area contributed by atoms with Gasteiger partial charge in [0.05, 0.1) is 12.5 Å². The maximum Gasteiger partial charge on any atom is 0.255 e. The average Bonchev–Trinajstić information content (AvgIpc) is 3.53. The fraction of sp³-hybridized carbons (Fsp3) is 0.310. The molecule has 2 amide bonds. The number of carbonyl (C=O) groups is 2. The van der Waals surface area contributed by atoms with Gasteiger partial charge in [0.1, 0.15) is 0 Å². The molecule has 7 heteroatoms. The highest BCUT2D eigenvalue weighted by atomic mass is 16.3. The second-order valence-corrected chi connectivity index (χ2v) is 9.95. The van der Waals surface area contributed by atoms with Crippen LogP contribution < -0.4 is 10.6 Å². The number of benzene rings is 2. The van der Waals surface area contributed by atoms with Gasteiger partial charge in [0.15, 0.2) is 6.10 Å². The Balaban J connectivity index is 1.44.